The Hall–Kier alpha value is -2.15. The summed E-state index contributed by atoms with van der Waals surface area (Å²) >= 11 is 0. The number of hydrogen-bond acceptors (Lipinski definition) is 3. The number of nitrogens with zero attached hydrogens (tertiary/aromatic N) is 1. The third-order valence-electron chi connectivity index (χ3n) is 5.38. The minimum absolute atomic E-state index is 0. The van der Waals surface area contributed by atoms with Crippen molar-refractivity contribution in [3.63, 3.8) is 0 Å². The average Bonchev–Trinajstić information content (AvgIpc) is 3.15. The zero-order valence-electron chi connectivity index (χ0n) is 16.9. The fourth-order valence-corrected chi connectivity index (χ4v) is 4.08. The summed E-state index contributed by atoms with van der Waals surface area (Å²) in [6, 6.07) is 21.3. The second-order valence-corrected chi connectivity index (χ2v) is 7.43. The van der Waals surface area contributed by atoms with E-state index < -0.39 is 6.36 Å². The van der Waals surface area contributed by atoms with Crippen molar-refractivity contribution >= 4 is 41.3 Å². The molecule has 8 heteroatoms. The van der Waals surface area contributed by atoms with Crippen LogP contribution in [0.5, 0.6) is 5.75 Å². The lowest BCUT2D eigenvalue weighted by atomic mass is 9.99. The quantitative estimate of drug-likeness (QED) is 0.457. The molecule has 1 saturated heterocycles. The highest BCUT2D eigenvalue weighted by Crippen LogP contribution is 2.30. The Kier molecular flexibility index (Phi) is 8.46. The largest absolute Gasteiger partial charge is 0.573 e. The number of rotatable bonds is 5. The molecule has 0 unspecified atom stereocenters. The van der Waals surface area contributed by atoms with Gasteiger partial charge in [0.1, 0.15) is 5.75 Å². The lowest BCUT2D eigenvalue weighted by Gasteiger charge is -2.23. The van der Waals surface area contributed by atoms with Crippen LogP contribution in [0.25, 0.3) is 10.8 Å². The van der Waals surface area contributed by atoms with Crippen molar-refractivity contribution in [1.29, 1.82) is 0 Å². The summed E-state index contributed by atoms with van der Waals surface area (Å²) in [5, 5.41) is 6.14. The first-order valence-corrected chi connectivity index (χ1v) is 9.73. The first-order chi connectivity index (χ1) is 13.9. The third kappa shape index (κ3) is 6.19. The summed E-state index contributed by atoms with van der Waals surface area (Å²) < 4.78 is 41.5. The van der Waals surface area contributed by atoms with Crippen molar-refractivity contribution < 1.29 is 17.9 Å². The van der Waals surface area contributed by atoms with Gasteiger partial charge in [-0.3, -0.25) is 0 Å². The van der Waals surface area contributed by atoms with Gasteiger partial charge in [0.05, 0.1) is 0 Å². The van der Waals surface area contributed by atoms with Crippen LogP contribution in [0.2, 0.25) is 0 Å². The van der Waals surface area contributed by atoms with Crippen LogP contribution in [-0.2, 0) is 0 Å². The summed E-state index contributed by atoms with van der Waals surface area (Å²) in [4.78, 5) is 2.09. The molecule has 1 N–H and O–H groups in total. The lowest BCUT2D eigenvalue weighted by molar-refractivity contribution is -0.274. The highest BCUT2D eigenvalue weighted by atomic mass is 35.5. The molecule has 3 aromatic rings. The van der Waals surface area contributed by atoms with E-state index in [1.807, 2.05) is 18.2 Å². The van der Waals surface area contributed by atoms with E-state index in [1.54, 1.807) is 6.07 Å². The van der Waals surface area contributed by atoms with Gasteiger partial charge in [0, 0.05) is 36.9 Å². The molecule has 1 aliphatic heterocycles. The Balaban J connectivity index is 0.00000171. The molecule has 31 heavy (non-hydrogen) atoms. The van der Waals surface area contributed by atoms with Crippen molar-refractivity contribution in [2.45, 2.75) is 31.8 Å². The van der Waals surface area contributed by atoms with Gasteiger partial charge in [0.25, 0.3) is 0 Å². The molecule has 168 valence electrons. The van der Waals surface area contributed by atoms with Crippen LogP contribution in [0.15, 0.2) is 66.7 Å². The van der Waals surface area contributed by atoms with Crippen LogP contribution in [0, 0.1) is 0 Å². The van der Waals surface area contributed by atoms with E-state index in [-0.39, 0.29) is 42.6 Å². The van der Waals surface area contributed by atoms with E-state index >= 15 is 0 Å². The van der Waals surface area contributed by atoms with Crippen LogP contribution in [-0.4, -0.2) is 25.5 Å². The highest BCUT2D eigenvalue weighted by molar-refractivity contribution is 5.86. The second kappa shape index (κ2) is 10.4. The minimum Gasteiger partial charge on any atom is -0.406 e. The average molecular weight is 473 g/mol. The third-order valence-corrected chi connectivity index (χ3v) is 5.38. The Morgan fingerprint density at radius 2 is 1.71 bits per heavy atom. The summed E-state index contributed by atoms with van der Waals surface area (Å²) in [6.45, 7) is 3.68. The van der Waals surface area contributed by atoms with Crippen LogP contribution in [0.4, 0.5) is 18.9 Å². The summed E-state index contributed by atoms with van der Waals surface area (Å²) in [5.41, 5.74) is 2.00. The van der Waals surface area contributed by atoms with Gasteiger partial charge in [-0.25, -0.2) is 0 Å². The molecule has 0 spiro atoms. The number of benzene rings is 3. The molecule has 0 amide bonds. The predicted octanol–water partition coefficient (Wildman–Crippen LogP) is 6.51. The minimum atomic E-state index is -4.68. The van der Waals surface area contributed by atoms with E-state index in [1.165, 1.54) is 28.5 Å². The molecule has 1 aliphatic rings. The molecule has 0 aromatic heterocycles. The molecule has 0 radical (unpaired) electrons. The Morgan fingerprint density at radius 3 is 2.48 bits per heavy atom. The van der Waals surface area contributed by atoms with Crippen molar-refractivity contribution in [2.24, 2.45) is 0 Å². The Bertz CT molecular complexity index is 994. The summed E-state index contributed by atoms with van der Waals surface area (Å²) in [5.74, 6) is -0.185. The SMILES string of the molecule is C[C@@H](N[C@@H]1CCN(c2cccc(OC(F)(F)F)c2)C1)c1cccc2ccccc12.Cl.Cl. The maximum absolute atomic E-state index is 12.5. The molecule has 3 aromatic carbocycles. The molecule has 0 bridgehead atoms. The van der Waals surface area contributed by atoms with Gasteiger partial charge >= 0.3 is 6.36 Å². The van der Waals surface area contributed by atoms with Crippen molar-refractivity contribution in [3.8, 4) is 5.75 Å². The van der Waals surface area contributed by atoms with E-state index in [0.717, 1.165) is 25.2 Å². The van der Waals surface area contributed by atoms with Gasteiger partial charge in [0.15, 0.2) is 0 Å². The number of fused-ring (bicyclic) bond motifs is 1. The molecular formula is C23H25Cl2F3N2O. The first-order valence-electron chi connectivity index (χ1n) is 9.73. The van der Waals surface area contributed by atoms with Crippen LogP contribution >= 0.6 is 24.8 Å². The van der Waals surface area contributed by atoms with E-state index in [0.29, 0.717) is 0 Å². The summed E-state index contributed by atoms with van der Waals surface area (Å²) in [6.07, 6.45) is -3.75. The number of anilines is 1. The first kappa shape index (κ1) is 25.1. The molecular weight excluding hydrogens is 448 g/mol. The van der Waals surface area contributed by atoms with Crippen LogP contribution < -0.4 is 15.0 Å². The standard InChI is InChI=1S/C23H23F3N2O.2ClH/c1-16(21-11-4-7-17-6-2-3-10-22(17)21)27-18-12-13-28(15-18)19-8-5-9-20(14-19)29-23(24,25)26;;/h2-11,14,16,18,27H,12-13,15H2,1H3;2*1H/t16-,18-;;/m1../s1. The number of hydrogen-bond donors (Lipinski definition) is 1. The Labute approximate surface area is 192 Å². The second-order valence-electron chi connectivity index (χ2n) is 7.43. The zero-order valence-corrected chi connectivity index (χ0v) is 18.6. The topological polar surface area (TPSA) is 24.5 Å². The fourth-order valence-electron chi connectivity index (χ4n) is 4.08. The maximum Gasteiger partial charge on any atom is 0.573 e. The van der Waals surface area contributed by atoms with Crippen LogP contribution in [0.3, 0.4) is 0 Å². The fraction of sp³-hybridized carbons (Fsp3) is 0.304. The number of halogens is 5. The van der Waals surface area contributed by atoms with Crippen molar-refractivity contribution in [2.75, 3.05) is 18.0 Å². The van der Waals surface area contributed by atoms with Crippen molar-refractivity contribution in [1.82, 2.24) is 5.32 Å². The molecule has 1 heterocycles. The molecule has 0 aliphatic carbocycles. The number of ether oxygens (including phenoxy) is 1. The molecule has 0 saturated carbocycles. The normalized spacial score (nSPS) is 17.0. The molecule has 2 atom stereocenters. The summed E-state index contributed by atoms with van der Waals surface area (Å²) in [7, 11) is 0. The van der Waals surface area contributed by atoms with Gasteiger partial charge in [-0.15, -0.1) is 38.0 Å². The highest BCUT2D eigenvalue weighted by Gasteiger charge is 2.31. The van der Waals surface area contributed by atoms with Gasteiger partial charge in [-0.05, 0) is 41.8 Å². The van der Waals surface area contributed by atoms with E-state index in [9.17, 15) is 13.2 Å². The molecule has 1 fully saturated rings. The number of alkyl halides is 3. The van der Waals surface area contributed by atoms with E-state index in [4.69, 9.17) is 0 Å². The molecule has 3 nitrogen and oxygen atoms in total. The van der Waals surface area contributed by atoms with Gasteiger partial charge < -0.3 is 15.0 Å². The zero-order chi connectivity index (χ0) is 20.4. The van der Waals surface area contributed by atoms with Gasteiger partial charge in [-0.2, -0.15) is 0 Å². The maximum atomic E-state index is 12.5. The monoisotopic (exact) mass is 472 g/mol. The smallest absolute Gasteiger partial charge is 0.406 e. The van der Waals surface area contributed by atoms with Gasteiger partial charge in [0.2, 0.25) is 0 Å². The molecule has 4 rings (SSSR count). The Morgan fingerprint density at radius 1 is 1.00 bits per heavy atom. The van der Waals surface area contributed by atoms with Crippen LogP contribution in [0.1, 0.15) is 24.9 Å². The predicted molar refractivity (Wildman–Crippen MR) is 124 cm³/mol. The van der Waals surface area contributed by atoms with E-state index in [2.05, 4.69) is 52.2 Å². The lowest BCUT2D eigenvalue weighted by Crippen LogP contribution is -2.34. The van der Waals surface area contributed by atoms with Crippen molar-refractivity contribution in [3.05, 3.63) is 72.3 Å². The number of nitrogens with one attached hydrogen (secondary N) is 1. The van der Waals surface area contributed by atoms with Gasteiger partial charge in [-0.1, -0.05) is 48.5 Å².